The Bertz CT molecular complexity index is 1060. The van der Waals surface area contributed by atoms with Crippen molar-refractivity contribution >= 4 is 39.9 Å². The van der Waals surface area contributed by atoms with Gasteiger partial charge in [-0.15, -0.1) is 0 Å². The Kier molecular flexibility index (Phi) is 7.53. The van der Waals surface area contributed by atoms with E-state index in [1.807, 2.05) is 38.1 Å². The summed E-state index contributed by atoms with van der Waals surface area (Å²) in [5, 5.41) is 2.47. The molecule has 8 nitrogen and oxygen atoms in total. The highest BCUT2D eigenvalue weighted by Gasteiger charge is 2.35. The van der Waals surface area contributed by atoms with Gasteiger partial charge in [0.15, 0.2) is 11.5 Å². The zero-order valence-corrected chi connectivity index (χ0v) is 19.5. The smallest absolute Gasteiger partial charge is 0.329 e. The maximum atomic E-state index is 12.5. The normalized spacial score (nSPS) is 14.5. The number of rotatable bonds is 8. The lowest BCUT2D eigenvalue weighted by Crippen LogP contribution is -2.36. The molecule has 0 saturated carbocycles. The van der Waals surface area contributed by atoms with Gasteiger partial charge in [-0.3, -0.25) is 9.59 Å². The SMILES string of the molecule is CCOc1cc(/C=C2/NC(=O)N(CC(=O)OC)C2=O)c(Br)cc1OCc1ccc(C)cc1. The van der Waals surface area contributed by atoms with Gasteiger partial charge in [-0.25, -0.2) is 9.69 Å². The van der Waals surface area contributed by atoms with Crippen molar-refractivity contribution in [2.75, 3.05) is 20.3 Å². The Labute approximate surface area is 194 Å². The largest absolute Gasteiger partial charge is 0.490 e. The van der Waals surface area contributed by atoms with Crippen LogP contribution < -0.4 is 14.8 Å². The van der Waals surface area contributed by atoms with E-state index in [1.165, 1.54) is 18.7 Å². The van der Waals surface area contributed by atoms with Crippen LogP contribution in [0.4, 0.5) is 4.79 Å². The Morgan fingerprint density at radius 3 is 2.47 bits per heavy atom. The zero-order valence-electron chi connectivity index (χ0n) is 17.9. The molecule has 1 N–H and O–H groups in total. The number of urea groups is 1. The molecule has 1 fully saturated rings. The van der Waals surface area contributed by atoms with Crippen LogP contribution in [0.1, 0.15) is 23.6 Å². The van der Waals surface area contributed by atoms with Crippen molar-refractivity contribution in [2.24, 2.45) is 0 Å². The number of benzene rings is 2. The number of methoxy groups -OCH3 is 1. The first-order valence-electron chi connectivity index (χ1n) is 9.88. The minimum absolute atomic E-state index is 0.0374. The minimum Gasteiger partial charge on any atom is -0.490 e. The summed E-state index contributed by atoms with van der Waals surface area (Å²) in [4.78, 5) is 36.9. The molecule has 1 aliphatic rings. The number of nitrogens with zero attached hydrogens (tertiary/aromatic N) is 1. The summed E-state index contributed by atoms with van der Waals surface area (Å²) in [6.07, 6.45) is 1.51. The number of ether oxygens (including phenoxy) is 3. The van der Waals surface area contributed by atoms with Crippen molar-refractivity contribution in [1.82, 2.24) is 10.2 Å². The van der Waals surface area contributed by atoms with Gasteiger partial charge in [0.1, 0.15) is 18.8 Å². The molecule has 0 bridgehead atoms. The number of amides is 3. The van der Waals surface area contributed by atoms with Gasteiger partial charge < -0.3 is 19.5 Å². The number of halogens is 1. The van der Waals surface area contributed by atoms with Gasteiger partial charge >= 0.3 is 12.0 Å². The van der Waals surface area contributed by atoms with E-state index in [-0.39, 0.29) is 5.70 Å². The molecule has 0 spiro atoms. The number of carbonyl (C=O) groups is 3. The highest BCUT2D eigenvalue weighted by Crippen LogP contribution is 2.35. The Morgan fingerprint density at radius 1 is 1.12 bits per heavy atom. The van der Waals surface area contributed by atoms with Gasteiger partial charge in [0.2, 0.25) is 0 Å². The lowest BCUT2D eigenvalue weighted by molar-refractivity contribution is -0.143. The Hall–Kier alpha value is -3.33. The van der Waals surface area contributed by atoms with Gasteiger partial charge in [-0.2, -0.15) is 0 Å². The van der Waals surface area contributed by atoms with Gasteiger partial charge in [0, 0.05) is 4.47 Å². The second-order valence-electron chi connectivity index (χ2n) is 6.98. The third-order valence-electron chi connectivity index (χ3n) is 4.65. The van der Waals surface area contributed by atoms with E-state index in [2.05, 4.69) is 26.0 Å². The first-order valence-corrected chi connectivity index (χ1v) is 10.7. The molecule has 3 amide bonds. The van der Waals surface area contributed by atoms with Gasteiger partial charge in [0.25, 0.3) is 5.91 Å². The topological polar surface area (TPSA) is 94.2 Å². The van der Waals surface area contributed by atoms with Crippen molar-refractivity contribution in [3.05, 3.63) is 63.3 Å². The van der Waals surface area contributed by atoms with Crippen LogP contribution in [0.3, 0.4) is 0 Å². The minimum atomic E-state index is -0.690. The first-order chi connectivity index (χ1) is 15.3. The quantitative estimate of drug-likeness (QED) is 0.335. The van der Waals surface area contributed by atoms with E-state index in [9.17, 15) is 14.4 Å². The predicted molar refractivity (Wildman–Crippen MR) is 121 cm³/mol. The molecule has 0 unspecified atom stereocenters. The molecule has 0 atom stereocenters. The molecule has 0 aliphatic carbocycles. The summed E-state index contributed by atoms with van der Waals surface area (Å²) in [5.74, 6) is -0.275. The van der Waals surface area contributed by atoms with Crippen LogP contribution in [0.2, 0.25) is 0 Å². The summed E-state index contributed by atoms with van der Waals surface area (Å²) < 4.78 is 16.9. The lowest BCUT2D eigenvalue weighted by Gasteiger charge is -2.14. The molecule has 1 aliphatic heterocycles. The van der Waals surface area contributed by atoms with E-state index in [4.69, 9.17) is 9.47 Å². The third kappa shape index (κ3) is 5.47. The number of aryl methyl sites for hydroxylation is 1. The number of imide groups is 1. The molecule has 0 aromatic heterocycles. The molecule has 32 heavy (non-hydrogen) atoms. The Morgan fingerprint density at radius 2 is 1.81 bits per heavy atom. The second-order valence-corrected chi connectivity index (χ2v) is 7.84. The van der Waals surface area contributed by atoms with E-state index in [0.29, 0.717) is 34.7 Å². The zero-order chi connectivity index (χ0) is 23.3. The molecule has 168 valence electrons. The maximum Gasteiger partial charge on any atom is 0.329 e. The molecule has 9 heteroatoms. The highest BCUT2D eigenvalue weighted by molar-refractivity contribution is 9.10. The maximum absolute atomic E-state index is 12.5. The second kappa shape index (κ2) is 10.3. The van der Waals surface area contributed by atoms with Crippen LogP contribution in [-0.2, 0) is 20.9 Å². The van der Waals surface area contributed by atoms with Gasteiger partial charge in [0.05, 0.1) is 13.7 Å². The lowest BCUT2D eigenvalue weighted by atomic mass is 10.1. The molecule has 0 radical (unpaired) electrons. The van der Waals surface area contributed by atoms with E-state index >= 15 is 0 Å². The van der Waals surface area contributed by atoms with Crippen LogP contribution in [0.15, 0.2) is 46.6 Å². The summed E-state index contributed by atoms with van der Waals surface area (Å²) >= 11 is 3.49. The van der Waals surface area contributed by atoms with Crippen LogP contribution >= 0.6 is 15.9 Å². The first kappa shape index (κ1) is 23.3. The average molecular weight is 503 g/mol. The van der Waals surface area contributed by atoms with Crippen LogP contribution in [0.25, 0.3) is 6.08 Å². The summed E-state index contributed by atoms with van der Waals surface area (Å²) in [6, 6.07) is 10.8. The Balaban J connectivity index is 1.83. The highest BCUT2D eigenvalue weighted by atomic mass is 79.9. The molecular weight excluding hydrogens is 480 g/mol. The summed E-state index contributed by atoms with van der Waals surface area (Å²) in [5.41, 5.74) is 2.82. The number of hydrogen-bond donors (Lipinski definition) is 1. The fourth-order valence-corrected chi connectivity index (χ4v) is 3.39. The number of nitrogens with one attached hydrogen (secondary N) is 1. The number of hydrogen-bond acceptors (Lipinski definition) is 6. The standard InChI is InChI=1S/C23H23BrN2O6/c1-4-31-19-10-16(9-18-22(28)26(23(29)25-18)12-21(27)30-3)17(24)11-20(19)32-13-15-7-5-14(2)6-8-15/h5-11H,4,12-13H2,1-3H3,(H,25,29)/b18-9+. The van der Waals surface area contributed by atoms with Crippen LogP contribution in [-0.4, -0.2) is 43.1 Å². The van der Waals surface area contributed by atoms with Gasteiger partial charge in [-0.05, 0) is 43.2 Å². The molecule has 2 aromatic rings. The molecule has 1 saturated heterocycles. The fourth-order valence-electron chi connectivity index (χ4n) is 2.95. The monoisotopic (exact) mass is 502 g/mol. The van der Waals surface area contributed by atoms with Crippen molar-refractivity contribution in [2.45, 2.75) is 20.5 Å². The van der Waals surface area contributed by atoms with Crippen molar-refractivity contribution in [3.63, 3.8) is 0 Å². The molecule has 3 rings (SSSR count). The predicted octanol–water partition coefficient (Wildman–Crippen LogP) is 3.80. The van der Waals surface area contributed by atoms with Crippen LogP contribution in [0, 0.1) is 6.92 Å². The summed E-state index contributed by atoms with van der Waals surface area (Å²) in [6.45, 7) is 4.20. The average Bonchev–Trinajstić information content (AvgIpc) is 3.03. The third-order valence-corrected chi connectivity index (χ3v) is 5.34. The molecule has 1 heterocycles. The van der Waals surface area contributed by atoms with Crippen molar-refractivity contribution < 1.29 is 28.6 Å². The molecular formula is C23H23BrN2O6. The van der Waals surface area contributed by atoms with Gasteiger partial charge in [-0.1, -0.05) is 45.8 Å². The van der Waals surface area contributed by atoms with E-state index in [0.717, 1.165) is 10.5 Å². The summed E-state index contributed by atoms with van der Waals surface area (Å²) in [7, 11) is 1.19. The van der Waals surface area contributed by atoms with Crippen molar-refractivity contribution in [1.29, 1.82) is 0 Å². The van der Waals surface area contributed by atoms with Crippen LogP contribution in [0.5, 0.6) is 11.5 Å². The van der Waals surface area contributed by atoms with E-state index in [1.54, 1.807) is 12.1 Å². The fraction of sp³-hybridized carbons (Fsp3) is 0.261. The molecule has 2 aromatic carbocycles. The number of carbonyl (C=O) groups excluding carboxylic acids is 3. The van der Waals surface area contributed by atoms with E-state index < -0.39 is 24.5 Å². The number of esters is 1. The van der Waals surface area contributed by atoms with Crippen molar-refractivity contribution in [3.8, 4) is 11.5 Å².